The normalized spacial score (nSPS) is 29.2. The third-order valence-corrected chi connectivity index (χ3v) is 5.70. The highest BCUT2D eigenvalue weighted by Gasteiger charge is 2.39. The highest BCUT2D eigenvalue weighted by molar-refractivity contribution is 7.89. The molecule has 1 aromatic rings. The minimum atomic E-state index is -3.70. The molecule has 0 radical (unpaired) electrons. The topological polar surface area (TPSA) is 78.0 Å². The third-order valence-electron chi connectivity index (χ3n) is 4.92. The predicted molar refractivity (Wildman–Crippen MR) is 76.5 cm³/mol. The van der Waals surface area contributed by atoms with E-state index in [4.69, 9.17) is 5.14 Å². The zero-order chi connectivity index (χ0) is 14.3. The number of aromatic nitrogens is 2. The first kappa shape index (κ1) is 14.1. The average molecular weight is 297 g/mol. The molecular weight excluding hydrogens is 274 g/mol. The largest absolute Gasteiger partial charge is 0.333 e. The monoisotopic (exact) mass is 297 g/mol. The van der Waals surface area contributed by atoms with E-state index in [1.807, 2.05) is 4.57 Å². The van der Waals surface area contributed by atoms with Gasteiger partial charge in [0.25, 0.3) is 10.0 Å². The Hall–Kier alpha value is -0.880. The van der Waals surface area contributed by atoms with Crippen molar-refractivity contribution < 1.29 is 8.42 Å². The lowest BCUT2D eigenvalue weighted by molar-refractivity contribution is 0.292. The molecule has 2 aliphatic rings. The first-order chi connectivity index (χ1) is 9.47. The summed E-state index contributed by atoms with van der Waals surface area (Å²) in [5.74, 6) is 3.28. The van der Waals surface area contributed by atoms with Gasteiger partial charge in [0.15, 0.2) is 5.03 Å². The van der Waals surface area contributed by atoms with Crippen LogP contribution in [0, 0.1) is 17.8 Å². The van der Waals surface area contributed by atoms with Gasteiger partial charge in [0.05, 0.1) is 0 Å². The SMILES string of the molecule is CCCc1nc(S(N)(=O)=O)cn1CC1CC2CCC1C2. The second-order valence-electron chi connectivity index (χ2n) is 6.38. The number of imidazole rings is 1. The van der Waals surface area contributed by atoms with Crippen LogP contribution < -0.4 is 5.14 Å². The number of fused-ring (bicyclic) bond motifs is 2. The summed E-state index contributed by atoms with van der Waals surface area (Å²) in [6.07, 6.45) is 8.77. The van der Waals surface area contributed by atoms with Crippen LogP contribution in [0.1, 0.15) is 44.9 Å². The van der Waals surface area contributed by atoms with Crippen LogP contribution in [0.15, 0.2) is 11.2 Å². The minimum Gasteiger partial charge on any atom is -0.333 e. The molecule has 5 nitrogen and oxygen atoms in total. The van der Waals surface area contributed by atoms with Crippen LogP contribution in [0.5, 0.6) is 0 Å². The Morgan fingerprint density at radius 3 is 2.75 bits per heavy atom. The van der Waals surface area contributed by atoms with E-state index in [0.717, 1.165) is 37.0 Å². The molecule has 20 heavy (non-hydrogen) atoms. The molecule has 0 spiro atoms. The molecule has 2 fully saturated rings. The minimum absolute atomic E-state index is 0.0177. The van der Waals surface area contributed by atoms with E-state index in [2.05, 4.69) is 11.9 Å². The van der Waals surface area contributed by atoms with Gasteiger partial charge < -0.3 is 4.57 Å². The van der Waals surface area contributed by atoms with E-state index in [1.54, 1.807) is 6.20 Å². The fraction of sp³-hybridized carbons (Fsp3) is 0.786. The van der Waals surface area contributed by atoms with Gasteiger partial charge in [-0.05, 0) is 43.4 Å². The quantitative estimate of drug-likeness (QED) is 0.902. The van der Waals surface area contributed by atoms with Crippen LogP contribution in [0.2, 0.25) is 0 Å². The molecule has 0 aliphatic heterocycles. The van der Waals surface area contributed by atoms with Gasteiger partial charge in [0.1, 0.15) is 5.82 Å². The zero-order valence-corrected chi connectivity index (χ0v) is 12.8. The van der Waals surface area contributed by atoms with Crippen molar-refractivity contribution >= 4 is 10.0 Å². The van der Waals surface area contributed by atoms with E-state index < -0.39 is 10.0 Å². The van der Waals surface area contributed by atoms with Crippen molar-refractivity contribution in [1.29, 1.82) is 0 Å². The smallest absolute Gasteiger partial charge is 0.257 e. The number of primary sulfonamides is 1. The zero-order valence-electron chi connectivity index (χ0n) is 12.0. The van der Waals surface area contributed by atoms with Gasteiger partial charge in [0, 0.05) is 19.2 Å². The lowest BCUT2D eigenvalue weighted by Gasteiger charge is -2.22. The van der Waals surface area contributed by atoms with Crippen molar-refractivity contribution in [2.24, 2.45) is 22.9 Å². The first-order valence-electron chi connectivity index (χ1n) is 7.56. The number of aryl methyl sites for hydroxylation is 1. The molecule has 2 bridgehead atoms. The molecule has 2 aliphatic carbocycles. The van der Waals surface area contributed by atoms with Crippen LogP contribution in [0.25, 0.3) is 0 Å². The Kier molecular flexibility index (Phi) is 3.62. The maximum Gasteiger partial charge on any atom is 0.257 e. The second-order valence-corrected chi connectivity index (χ2v) is 7.89. The van der Waals surface area contributed by atoms with Crippen LogP contribution in [-0.4, -0.2) is 18.0 Å². The average Bonchev–Trinajstić information content (AvgIpc) is 3.04. The summed E-state index contributed by atoms with van der Waals surface area (Å²) in [6, 6.07) is 0. The van der Waals surface area contributed by atoms with Crippen molar-refractivity contribution in [2.45, 2.75) is 57.0 Å². The van der Waals surface area contributed by atoms with Crippen molar-refractivity contribution in [3.8, 4) is 0 Å². The number of sulfonamides is 1. The molecule has 3 rings (SSSR count). The molecule has 3 atom stereocenters. The van der Waals surface area contributed by atoms with Gasteiger partial charge >= 0.3 is 0 Å². The first-order valence-corrected chi connectivity index (χ1v) is 9.11. The summed E-state index contributed by atoms with van der Waals surface area (Å²) in [6.45, 7) is 2.98. The molecule has 112 valence electrons. The maximum absolute atomic E-state index is 11.5. The van der Waals surface area contributed by atoms with Gasteiger partial charge in [-0.25, -0.2) is 18.5 Å². The highest BCUT2D eigenvalue weighted by Crippen LogP contribution is 2.48. The van der Waals surface area contributed by atoms with E-state index in [1.165, 1.54) is 25.7 Å². The molecule has 3 unspecified atom stereocenters. The molecular formula is C14H23N3O2S. The summed E-state index contributed by atoms with van der Waals surface area (Å²) < 4.78 is 25.0. The number of hydrogen-bond donors (Lipinski definition) is 1. The van der Waals surface area contributed by atoms with E-state index in [9.17, 15) is 8.42 Å². The maximum atomic E-state index is 11.5. The number of hydrogen-bond acceptors (Lipinski definition) is 3. The fourth-order valence-corrected chi connectivity index (χ4v) is 4.51. The number of nitrogens with zero attached hydrogens (tertiary/aromatic N) is 2. The molecule has 0 amide bonds. The van der Waals surface area contributed by atoms with Gasteiger partial charge in [0.2, 0.25) is 0 Å². The van der Waals surface area contributed by atoms with Crippen molar-refractivity contribution in [3.05, 3.63) is 12.0 Å². The standard InChI is InChI=1S/C14H23N3O2S/c1-2-3-13-16-14(20(15,18)19)9-17(13)8-12-7-10-4-5-11(12)6-10/h9-12H,2-8H2,1H3,(H2,15,18,19). The Balaban J connectivity index is 1.82. The third kappa shape index (κ3) is 2.63. The van der Waals surface area contributed by atoms with Gasteiger partial charge in [-0.1, -0.05) is 13.3 Å². The molecule has 0 saturated heterocycles. The lowest BCUT2D eigenvalue weighted by atomic mass is 9.89. The van der Waals surface area contributed by atoms with Gasteiger partial charge in [-0.15, -0.1) is 0 Å². The van der Waals surface area contributed by atoms with Crippen molar-refractivity contribution in [3.63, 3.8) is 0 Å². The Morgan fingerprint density at radius 1 is 1.40 bits per heavy atom. The Labute approximate surface area is 120 Å². The van der Waals surface area contributed by atoms with Crippen LogP contribution in [0.4, 0.5) is 0 Å². The molecule has 2 saturated carbocycles. The van der Waals surface area contributed by atoms with Crippen LogP contribution in [0.3, 0.4) is 0 Å². The second kappa shape index (κ2) is 5.15. The van der Waals surface area contributed by atoms with Gasteiger partial charge in [-0.2, -0.15) is 0 Å². The van der Waals surface area contributed by atoms with E-state index in [0.29, 0.717) is 5.92 Å². The number of rotatable bonds is 5. The fourth-order valence-electron chi connectivity index (χ4n) is 4.00. The molecule has 1 aromatic heterocycles. The highest BCUT2D eigenvalue weighted by atomic mass is 32.2. The van der Waals surface area contributed by atoms with Gasteiger partial charge in [-0.3, -0.25) is 0 Å². The molecule has 2 N–H and O–H groups in total. The summed E-state index contributed by atoms with van der Waals surface area (Å²) >= 11 is 0. The Morgan fingerprint density at radius 2 is 2.20 bits per heavy atom. The lowest BCUT2D eigenvalue weighted by Crippen LogP contribution is -2.18. The van der Waals surface area contributed by atoms with Crippen molar-refractivity contribution in [2.75, 3.05) is 0 Å². The Bertz CT molecular complexity index is 594. The predicted octanol–water partition coefficient (Wildman–Crippen LogP) is 1.92. The summed E-state index contributed by atoms with van der Waals surface area (Å²) in [4.78, 5) is 4.23. The molecule has 6 heteroatoms. The summed E-state index contributed by atoms with van der Waals surface area (Å²) in [5, 5.41) is 5.22. The van der Waals surface area contributed by atoms with Crippen LogP contribution >= 0.6 is 0 Å². The molecule has 1 heterocycles. The van der Waals surface area contributed by atoms with E-state index in [-0.39, 0.29) is 5.03 Å². The number of nitrogens with two attached hydrogens (primary N) is 1. The summed E-state index contributed by atoms with van der Waals surface area (Å²) in [5.41, 5.74) is 0. The molecule has 0 aromatic carbocycles. The van der Waals surface area contributed by atoms with E-state index >= 15 is 0 Å². The summed E-state index contributed by atoms with van der Waals surface area (Å²) in [7, 11) is -3.70. The van der Waals surface area contributed by atoms with Crippen LogP contribution in [-0.2, 0) is 23.0 Å². The van der Waals surface area contributed by atoms with Crippen molar-refractivity contribution in [1.82, 2.24) is 9.55 Å².